The van der Waals surface area contributed by atoms with Gasteiger partial charge in [0.1, 0.15) is 5.82 Å². The molecule has 0 aromatic heterocycles. The van der Waals surface area contributed by atoms with Crippen LogP contribution in [0.15, 0.2) is 23.1 Å². The van der Waals surface area contributed by atoms with Crippen molar-refractivity contribution in [3.8, 4) is 6.07 Å². The molecule has 0 saturated carbocycles. The molecule has 1 aromatic rings. The van der Waals surface area contributed by atoms with E-state index in [1.165, 1.54) is 17.8 Å². The van der Waals surface area contributed by atoms with Crippen LogP contribution < -0.4 is 5.73 Å². The van der Waals surface area contributed by atoms with Crippen molar-refractivity contribution >= 4 is 11.8 Å². The Kier molecular flexibility index (Phi) is 3.93. The maximum absolute atomic E-state index is 13.3. The Morgan fingerprint density at radius 2 is 2.36 bits per heavy atom. The van der Waals surface area contributed by atoms with Gasteiger partial charge >= 0.3 is 0 Å². The van der Waals surface area contributed by atoms with Gasteiger partial charge in [-0.05, 0) is 18.2 Å². The summed E-state index contributed by atoms with van der Waals surface area (Å²) in [6.07, 6.45) is 0. The molecule has 0 heterocycles. The third-order valence-electron chi connectivity index (χ3n) is 1.72. The number of benzene rings is 1. The van der Waals surface area contributed by atoms with Gasteiger partial charge in [0.25, 0.3) is 0 Å². The highest BCUT2D eigenvalue weighted by Gasteiger charge is 2.07. The Morgan fingerprint density at radius 3 is 2.86 bits per heavy atom. The van der Waals surface area contributed by atoms with Crippen LogP contribution in [0.25, 0.3) is 0 Å². The number of halogens is 1. The number of nitrogens with zero attached hydrogens (tertiary/aromatic N) is 1. The van der Waals surface area contributed by atoms with E-state index in [1.54, 1.807) is 12.1 Å². The fraction of sp³-hybridized carbons (Fsp3) is 0.300. The average molecular weight is 210 g/mol. The van der Waals surface area contributed by atoms with Crippen LogP contribution in [0.5, 0.6) is 0 Å². The summed E-state index contributed by atoms with van der Waals surface area (Å²) in [6, 6.07) is 6.35. The van der Waals surface area contributed by atoms with Crippen molar-refractivity contribution in [2.24, 2.45) is 5.73 Å². The fourth-order valence-corrected chi connectivity index (χ4v) is 1.78. The van der Waals surface area contributed by atoms with Crippen molar-refractivity contribution in [3.05, 3.63) is 29.6 Å². The molecule has 2 nitrogen and oxygen atoms in total. The molecule has 1 aromatic carbocycles. The number of rotatable bonds is 3. The minimum Gasteiger partial charge on any atom is -0.329 e. The van der Waals surface area contributed by atoms with Gasteiger partial charge in [0.15, 0.2) is 0 Å². The fourth-order valence-electron chi connectivity index (χ4n) is 0.931. The molecule has 0 amide bonds. The number of nitrogens with two attached hydrogens (primary N) is 1. The average Bonchev–Trinajstić information content (AvgIpc) is 2.20. The summed E-state index contributed by atoms with van der Waals surface area (Å²) >= 11 is 1.38. The molecule has 0 fully saturated rings. The third-order valence-corrected chi connectivity index (χ3v) is 2.90. The molecule has 1 atom stereocenters. The van der Waals surface area contributed by atoms with E-state index < -0.39 is 0 Å². The molecule has 74 valence electrons. The van der Waals surface area contributed by atoms with Crippen molar-refractivity contribution < 1.29 is 4.39 Å². The molecule has 0 aliphatic carbocycles. The largest absolute Gasteiger partial charge is 0.329 e. The molecule has 2 N–H and O–H groups in total. The van der Waals surface area contributed by atoms with Gasteiger partial charge in [0.2, 0.25) is 0 Å². The molecule has 1 rings (SSSR count). The zero-order chi connectivity index (χ0) is 10.6. The lowest BCUT2D eigenvalue weighted by atomic mass is 10.2. The monoisotopic (exact) mass is 210 g/mol. The smallest absolute Gasteiger partial charge is 0.138 e. The van der Waals surface area contributed by atoms with E-state index in [4.69, 9.17) is 11.0 Å². The predicted molar refractivity (Wildman–Crippen MR) is 55.5 cm³/mol. The van der Waals surface area contributed by atoms with Crippen molar-refractivity contribution in [2.45, 2.75) is 17.1 Å². The van der Waals surface area contributed by atoms with Crippen LogP contribution in [-0.2, 0) is 0 Å². The normalized spacial score (nSPS) is 12.1. The molecule has 0 radical (unpaired) electrons. The first-order chi connectivity index (χ1) is 6.67. The Morgan fingerprint density at radius 1 is 1.64 bits per heavy atom. The highest BCUT2D eigenvalue weighted by molar-refractivity contribution is 8.00. The molecule has 0 aliphatic rings. The summed E-state index contributed by atoms with van der Waals surface area (Å²) in [6.45, 7) is 2.44. The van der Waals surface area contributed by atoms with Crippen molar-refractivity contribution in [1.29, 1.82) is 5.26 Å². The van der Waals surface area contributed by atoms with E-state index in [1.807, 2.05) is 13.0 Å². The third kappa shape index (κ3) is 2.72. The maximum atomic E-state index is 13.3. The van der Waals surface area contributed by atoms with Crippen LogP contribution in [0.3, 0.4) is 0 Å². The van der Waals surface area contributed by atoms with E-state index in [2.05, 4.69) is 0 Å². The molecule has 0 bridgehead atoms. The van der Waals surface area contributed by atoms with Gasteiger partial charge in [-0.15, -0.1) is 11.8 Å². The van der Waals surface area contributed by atoms with Crippen LogP contribution in [0.1, 0.15) is 12.5 Å². The molecule has 4 heteroatoms. The van der Waals surface area contributed by atoms with Crippen LogP contribution in [0.4, 0.5) is 4.39 Å². The van der Waals surface area contributed by atoms with Crippen molar-refractivity contribution in [2.75, 3.05) is 6.54 Å². The van der Waals surface area contributed by atoms with Gasteiger partial charge in [-0.3, -0.25) is 0 Å². The standard InChI is InChI=1S/C10H11FN2S/c1-7(5-12)14-10-3-2-8(6-13)4-9(10)11/h2-4,7H,5,12H2,1H3. The second-order valence-corrected chi connectivity index (χ2v) is 4.40. The van der Waals surface area contributed by atoms with Crippen LogP contribution in [0, 0.1) is 17.1 Å². The summed E-state index contributed by atoms with van der Waals surface area (Å²) < 4.78 is 13.3. The first-order valence-electron chi connectivity index (χ1n) is 4.23. The number of thioether (sulfide) groups is 1. The van der Waals surface area contributed by atoms with Crippen molar-refractivity contribution in [1.82, 2.24) is 0 Å². The zero-order valence-electron chi connectivity index (χ0n) is 7.83. The van der Waals surface area contributed by atoms with Gasteiger partial charge in [0.05, 0.1) is 11.6 Å². The molecular weight excluding hydrogens is 199 g/mol. The highest BCUT2D eigenvalue weighted by atomic mass is 32.2. The quantitative estimate of drug-likeness (QED) is 0.777. The second-order valence-electron chi connectivity index (χ2n) is 2.92. The van der Waals surface area contributed by atoms with Crippen LogP contribution in [0.2, 0.25) is 0 Å². The molecule has 1 unspecified atom stereocenters. The SMILES string of the molecule is CC(CN)Sc1ccc(C#N)cc1F. The molecule has 0 spiro atoms. The van der Waals surface area contributed by atoms with E-state index in [-0.39, 0.29) is 11.1 Å². The van der Waals surface area contributed by atoms with Crippen molar-refractivity contribution in [3.63, 3.8) is 0 Å². The summed E-state index contributed by atoms with van der Waals surface area (Å²) in [5.74, 6) is -0.352. The Balaban J connectivity index is 2.85. The first-order valence-corrected chi connectivity index (χ1v) is 5.11. The Hall–Kier alpha value is -1.05. The van der Waals surface area contributed by atoms with E-state index in [9.17, 15) is 4.39 Å². The summed E-state index contributed by atoms with van der Waals surface area (Å²) in [5.41, 5.74) is 5.77. The first kappa shape index (κ1) is 11.0. The highest BCUT2D eigenvalue weighted by Crippen LogP contribution is 2.25. The molecule has 14 heavy (non-hydrogen) atoms. The maximum Gasteiger partial charge on any atom is 0.138 e. The number of hydrogen-bond donors (Lipinski definition) is 1. The second kappa shape index (κ2) is 4.99. The minimum absolute atomic E-state index is 0.178. The lowest BCUT2D eigenvalue weighted by Crippen LogP contribution is -2.12. The van der Waals surface area contributed by atoms with Crippen LogP contribution in [-0.4, -0.2) is 11.8 Å². The van der Waals surface area contributed by atoms with Crippen LogP contribution >= 0.6 is 11.8 Å². The number of nitriles is 1. The van der Waals surface area contributed by atoms with Gasteiger partial charge < -0.3 is 5.73 Å². The Bertz CT molecular complexity index is 360. The Labute approximate surface area is 86.9 Å². The van der Waals surface area contributed by atoms with Gasteiger partial charge in [-0.2, -0.15) is 5.26 Å². The molecular formula is C10H11FN2S. The van der Waals surface area contributed by atoms with E-state index in [0.29, 0.717) is 17.0 Å². The van der Waals surface area contributed by atoms with E-state index >= 15 is 0 Å². The summed E-state index contributed by atoms with van der Waals surface area (Å²) in [4.78, 5) is 0.543. The topological polar surface area (TPSA) is 49.8 Å². The zero-order valence-corrected chi connectivity index (χ0v) is 8.64. The lowest BCUT2D eigenvalue weighted by Gasteiger charge is -2.08. The summed E-state index contributed by atoms with van der Waals surface area (Å²) in [5, 5.41) is 8.72. The molecule has 0 saturated heterocycles. The molecule has 0 aliphatic heterocycles. The van der Waals surface area contributed by atoms with Gasteiger partial charge in [-0.25, -0.2) is 4.39 Å². The lowest BCUT2D eigenvalue weighted by molar-refractivity contribution is 0.601. The van der Waals surface area contributed by atoms with Gasteiger partial charge in [-0.1, -0.05) is 6.92 Å². The van der Waals surface area contributed by atoms with E-state index in [0.717, 1.165) is 0 Å². The summed E-state index contributed by atoms with van der Waals surface area (Å²) in [7, 11) is 0. The number of hydrogen-bond acceptors (Lipinski definition) is 3. The predicted octanol–water partition coefficient (Wildman–Crippen LogP) is 2.14. The van der Waals surface area contributed by atoms with Gasteiger partial charge in [0, 0.05) is 16.7 Å². The minimum atomic E-state index is -0.352.